The fraction of sp³-hybridized carbons (Fsp3) is 0.625. The van der Waals surface area contributed by atoms with E-state index >= 15 is 0 Å². The molecule has 1 unspecified atom stereocenters. The molecule has 0 amide bonds. The number of sulfonamides is 1. The highest BCUT2D eigenvalue weighted by atomic mass is 32.2. The fourth-order valence-corrected chi connectivity index (χ4v) is 5.24. The van der Waals surface area contributed by atoms with E-state index in [1.54, 1.807) is 0 Å². The topological polar surface area (TPSA) is 102 Å². The van der Waals surface area contributed by atoms with Gasteiger partial charge in [0, 0.05) is 25.2 Å². The van der Waals surface area contributed by atoms with Gasteiger partial charge in [0.15, 0.2) is 5.75 Å². The molecule has 1 aromatic rings. The van der Waals surface area contributed by atoms with E-state index < -0.39 is 14.9 Å². The Bertz CT molecular complexity index is 738. The number of nitro groups is 1. The summed E-state index contributed by atoms with van der Waals surface area (Å²) in [6.45, 7) is 1.94. The molecule has 1 atom stereocenters. The van der Waals surface area contributed by atoms with Gasteiger partial charge < -0.3 is 10.1 Å². The summed E-state index contributed by atoms with van der Waals surface area (Å²) in [5, 5.41) is 14.6. The monoisotopic (exact) mass is 369 g/mol. The number of benzene rings is 1. The highest BCUT2D eigenvalue weighted by Crippen LogP contribution is 2.33. The normalized spacial score (nSPS) is 22.8. The van der Waals surface area contributed by atoms with Crippen LogP contribution in [0.15, 0.2) is 23.1 Å². The zero-order valence-electron chi connectivity index (χ0n) is 14.2. The molecule has 8 nitrogen and oxygen atoms in total. The summed E-state index contributed by atoms with van der Waals surface area (Å²) in [4.78, 5) is 10.4. The minimum atomic E-state index is -3.74. The van der Waals surface area contributed by atoms with Crippen LogP contribution in [0, 0.1) is 16.0 Å². The molecular formula is C16H23N3O5S. The van der Waals surface area contributed by atoms with Crippen molar-refractivity contribution in [1.82, 2.24) is 9.62 Å². The van der Waals surface area contributed by atoms with Gasteiger partial charge in [0.25, 0.3) is 0 Å². The van der Waals surface area contributed by atoms with E-state index in [4.69, 9.17) is 4.74 Å². The van der Waals surface area contributed by atoms with Crippen LogP contribution >= 0.6 is 0 Å². The van der Waals surface area contributed by atoms with Crippen molar-refractivity contribution < 1.29 is 18.1 Å². The predicted molar refractivity (Wildman–Crippen MR) is 92.2 cm³/mol. The molecule has 3 rings (SSSR count). The average molecular weight is 369 g/mol. The third-order valence-corrected chi connectivity index (χ3v) is 7.05. The number of hydrogen-bond donors (Lipinski definition) is 1. The third kappa shape index (κ3) is 3.63. The van der Waals surface area contributed by atoms with E-state index in [9.17, 15) is 18.5 Å². The van der Waals surface area contributed by atoms with E-state index in [0.717, 1.165) is 31.9 Å². The predicted octanol–water partition coefficient (Wildman–Crippen LogP) is 1.76. The Balaban J connectivity index is 1.76. The minimum absolute atomic E-state index is 0.0509. The van der Waals surface area contributed by atoms with Gasteiger partial charge >= 0.3 is 5.69 Å². The lowest BCUT2D eigenvalue weighted by atomic mass is 9.89. The van der Waals surface area contributed by atoms with E-state index in [0.29, 0.717) is 25.0 Å². The van der Waals surface area contributed by atoms with Crippen LogP contribution in [0.25, 0.3) is 0 Å². The maximum Gasteiger partial charge on any atom is 0.312 e. The minimum Gasteiger partial charge on any atom is -0.490 e. The molecule has 1 N–H and O–H groups in total. The quantitative estimate of drug-likeness (QED) is 0.627. The Labute approximate surface area is 147 Å². The van der Waals surface area contributed by atoms with Gasteiger partial charge in [-0.25, -0.2) is 8.42 Å². The van der Waals surface area contributed by atoms with Gasteiger partial charge in [0.1, 0.15) is 0 Å². The molecule has 2 aliphatic rings. The van der Waals surface area contributed by atoms with Crippen LogP contribution in [0.5, 0.6) is 5.75 Å². The largest absolute Gasteiger partial charge is 0.490 e. The Kier molecular flexibility index (Phi) is 5.26. The molecule has 138 valence electrons. The maximum atomic E-state index is 12.8. The van der Waals surface area contributed by atoms with Crippen molar-refractivity contribution in [1.29, 1.82) is 0 Å². The molecule has 2 heterocycles. The summed E-state index contributed by atoms with van der Waals surface area (Å²) in [5.74, 6) is 0.550. The van der Waals surface area contributed by atoms with E-state index in [1.807, 2.05) is 0 Å². The molecule has 2 fully saturated rings. The summed E-state index contributed by atoms with van der Waals surface area (Å²) < 4.78 is 32.0. The number of nitrogens with zero attached hydrogens (tertiary/aromatic N) is 2. The van der Waals surface area contributed by atoms with E-state index in [1.165, 1.54) is 30.0 Å². The molecule has 9 heteroatoms. The number of ether oxygens (including phenoxy) is 1. The van der Waals surface area contributed by atoms with Crippen molar-refractivity contribution in [3.05, 3.63) is 28.3 Å². The van der Waals surface area contributed by atoms with Gasteiger partial charge in [0.2, 0.25) is 10.0 Å². The molecule has 0 bridgehead atoms. The smallest absolute Gasteiger partial charge is 0.312 e. The number of hydrogen-bond acceptors (Lipinski definition) is 6. The average Bonchev–Trinajstić information content (AvgIpc) is 3.15. The summed E-state index contributed by atoms with van der Waals surface area (Å²) in [7, 11) is -2.42. The highest BCUT2D eigenvalue weighted by Gasteiger charge is 2.34. The van der Waals surface area contributed by atoms with Crippen LogP contribution in [0.2, 0.25) is 0 Å². The molecule has 2 aliphatic heterocycles. The fourth-order valence-electron chi connectivity index (χ4n) is 3.75. The number of methoxy groups -OCH3 is 1. The molecular weight excluding hydrogens is 346 g/mol. The second-order valence-corrected chi connectivity index (χ2v) is 8.47. The van der Waals surface area contributed by atoms with Gasteiger partial charge in [-0.2, -0.15) is 4.31 Å². The number of nitro benzene ring substituents is 1. The molecule has 0 aromatic heterocycles. The molecule has 0 spiro atoms. The number of rotatable bonds is 5. The van der Waals surface area contributed by atoms with Crippen molar-refractivity contribution in [2.24, 2.45) is 5.92 Å². The second kappa shape index (κ2) is 7.27. The van der Waals surface area contributed by atoms with Gasteiger partial charge in [-0.05, 0) is 50.3 Å². The van der Waals surface area contributed by atoms with Crippen LogP contribution in [-0.4, -0.2) is 50.4 Å². The van der Waals surface area contributed by atoms with Gasteiger partial charge in [-0.1, -0.05) is 0 Å². The lowest BCUT2D eigenvalue weighted by Gasteiger charge is -2.34. The standard InChI is InChI=1S/C16H23N3O5S/c1-24-16-5-4-13(11-15(16)19(20)21)25(22,23)18-9-6-12(7-10-18)14-3-2-8-17-14/h4-5,11-12,14,17H,2-3,6-10H2,1H3. The first-order chi connectivity index (χ1) is 11.9. The Morgan fingerprint density at radius 3 is 2.56 bits per heavy atom. The van der Waals surface area contributed by atoms with Crippen molar-refractivity contribution in [2.45, 2.75) is 36.6 Å². The van der Waals surface area contributed by atoms with Crippen LogP contribution in [0.3, 0.4) is 0 Å². The SMILES string of the molecule is COc1ccc(S(=O)(=O)N2CCC(C3CCCN3)CC2)cc1[N+](=O)[O-]. The third-order valence-electron chi connectivity index (χ3n) is 5.15. The molecule has 25 heavy (non-hydrogen) atoms. The van der Waals surface area contributed by atoms with Crippen LogP contribution in [-0.2, 0) is 10.0 Å². The number of nitrogens with one attached hydrogen (secondary N) is 1. The summed E-state index contributed by atoms with van der Waals surface area (Å²) >= 11 is 0. The van der Waals surface area contributed by atoms with Crippen molar-refractivity contribution >= 4 is 15.7 Å². The van der Waals surface area contributed by atoms with Gasteiger partial charge in [-0.15, -0.1) is 0 Å². The van der Waals surface area contributed by atoms with Gasteiger partial charge in [0.05, 0.1) is 16.9 Å². The Morgan fingerprint density at radius 2 is 2.00 bits per heavy atom. The van der Waals surface area contributed by atoms with Crippen LogP contribution < -0.4 is 10.1 Å². The molecule has 0 saturated carbocycles. The van der Waals surface area contributed by atoms with Crippen molar-refractivity contribution in [3.8, 4) is 5.75 Å². The highest BCUT2D eigenvalue weighted by molar-refractivity contribution is 7.89. The molecule has 0 aliphatic carbocycles. The maximum absolute atomic E-state index is 12.8. The lowest BCUT2D eigenvalue weighted by Crippen LogP contribution is -2.43. The van der Waals surface area contributed by atoms with E-state index in [2.05, 4.69) is 5.32 Å². The zero-order chi connectivity index (χ0) is 18.0. The van der Waals surface area contributed by atoms with Crippen LogP contribution in [0.4, 0.5) is 5.69 Å². The first-order valence-corrected chi connectivity index (χ1v) is 9.93. The summed E-state index contributed by atoms with van der Waals surface area (Å²) in [5.41, 5.74) is -0.339. The van der Waals surface area contributed by atoms with Crippen molar-refractivity contribution in [2.75, 3.05) is 26.7 Å². The first kappa shape index (κ1) is 18.1. The lowest BCUT2D eigenvalue weighted by molar-refractivity contribution is -0.386. The van der Waals surface area contributed by atoms with Crippen LogP contribution in [0.1, 0.15) is 25.7 Å². The van der Waals surface area contributed by atoms with Gasteiger partial charge in [-0.3, -0.25) is 10.1 Å². The molecule has 1 aromatic carbocycles. The summed E-state index contributed by atoms with van der Waals surface area (Å²) in [6, 6.07) is 4.28. The van der Waals surface area contributed by atoms with Crippen molar-refractivity contribution in [3.63, 3.8) is 0 Å². The zero-order valence-corrected chi connectivity index (χ0v) is 15.0. The summed E-state index contributed by atoms with van der Waals surface area (Å²) in [6.07, 6.45) is 3.96. The Morgan fingerprint density at radius 1 is 1.28 bits per heavy atom. The number of piperidine rings is 1. The Hall–Kier alpha value is -1.71. The molecule has 2 saturated heterocycles. The molecule has 0 radical (unpaired) electrons. The van der Waals surface area contributed by atoms with E-state index in [-0.39, 0.29) is 16.3 Å². The first-order valence-electron chi connectivity index (χ1n) is 8.49. The second-order valence-electron chi connectivity index (χ2n) is 6.54.